The van der Waals surface area contributed by atoms with Gasteiger partial charge >= 0.3 is 0 Å². The minimum Gasteiger partial charge on any atom is -0.338 e. The van der Waals surface area contributed by atoms with Gasteiger partial charge in [-0.3, -0.25) is 9.48 Å². The van der Waals surface area contributed by atoms with Gasteiger partial charge in [0, 0.05) is 24.8 Å². The molecule has 1 aromatic rings. The zero-order valence-corrected chi connectivity index (χ0v) is 13.9. The number of piperidine rings is 1. The first-order valence-corrected chi connectivity index (χ1v) is 7.81. The first kappa shape index (κ1) is 16.0. The van der Waals surface area contributed by atoms with Crippen LogP contribution in [0.4, 0.5) is 0 Å². The van der Waals surface area contributed by atoms with E-state index in [1.165, 1.54) is 0 Å². The third-order valence-electron chi connectivity index (χ3n) is 4.36. The molecular weight excluding hydrogens is 264 g/mol. The Morgan fingerprint density at radius 3 is 2.67 bits per heavy atom. The van der Waals surface area contributed by atoms with Gasteiger partial charge in [-0.05, 0) is 53.4 Å². The van der Waals surface area contributed by atoms with Crippen LogP contribution in [0, 0.1) is 12.8 Å². The smallest absolute Gasteiger partial charge is 0.257 e. The van der Waals surface area contributed by atoms with Crippen LogP contribution in [0.3, 0.4) is 0 Å². The van der Waals surface area contributed by atoms with Gasteiger partial charge in [-0.25, -0.2) is 0 Å². The van der Waals surface area contributed by atoms with E-state index in [0.717, 1.165) is 37.2 Å². The highest BCUT2D eigenvalue weighted by Gasteiger charge is 2.29. The van der Waals surface area contributed by atoms with Crippen molar-refractivity contribution >= 4 is 5.91 Å². The lowest BCUT2D eigenvalue weighted by Crippen LogP contribution is -2.45. The number of rotatable bonds is 2. The van der Waals surface area contributed by atoms with Crippen LogP contribution in [-0.4, -0.2) is 39.7 Å². The minimum atomic E-state index is -0.112. The topological polar surface area (TPSA) is 64.2 Å². The molecule has 0 aliphatic carbocycles. The van der Waals surface area contributed by atoms with Crippen molar-refractivity contribution in [2.45, 2.75) is 59.0 Å². The molecule has 1 aliphatic heterocycles. The summed E-state index contributed by atoms with van der Waals surface area (Å²) in [5.41, 5.74) is 7.55. The van der Waals surface area contributed by atoms with E-state index < -0.39 is 0 Å². The van der Waals surface area contributed by atoms with Crippen molar-refractivity contribution in [3.8, 4) is 0 Å². The average Bonchev–Trinajstić information content (AvgIpc) is 2.79. The van der Waals surface area contributed by atoms with Crippen LogP contribution in [0.15, 0.2) is 6.20 Å². The molecule has 2 unspecified atom stereocenters. The SMILES string of the molecule is Cc1c(C(=O)N2CCCC(C(C)N)C2)cnn1C(C)(C)C. The predicted molar refractivity (Wildman–Crippen MR) is 84.2 cm³/mol. The van der Waals surface area contributed by atoms with Crippen molar-refractivity contribution in [3.05, 3.63) is 17.5 Å². The van der Waals surface area contributed by atoms with E-state index >= 15 is 0 Å². The number of hydrogen-bond donors (Lipinski definition) is 1. The Labute approximate surface area is 127 Å². The lowest BCUT2D eigenvalue weighted by atomic mass is 9.92. The number of hydrogen-bond acceptors (Lipinski definition) is 3. The summed E-state index contributed by atoms with van der Waals surface area (Å²) in [6.45, 7) is 11.9. The Hall–Kier alpha value is -1.36. The fourth-order valence-electron chi connectivity index (χ4n) is 3.09. The molecule has 1 saturated heterocycles. The number of aromatic nitrogens is 2. The predicted octanol–water partition coefficient (Wildman–Crippen LogP) is 2.15. The van der Waals surface area contributed by atoms with Crippen LogP contribution in [0.2, 0.25) is 0 Å². The molecule has 1 fully saturated rings. The zero-order valence-electron chi connectivity index (χ0n) is 13.9. The average molecular weight is 292 g/mol. The maximum absolute atomic E-state index is 12.8. The van der Waals surface area contributed by atoms with E-state index in [9.17, 15) is 4.79 Å². The van der Waals surface area contributed by atoms with Gasteiger partial charge in [-0.1, -0.05) is 0 Å². The maximum Gasteiger partial charge on any atom is 0.257 e. The third kappa shape index (κ3) is 3.28. The second-order valence-corrected chi connectivity index (χ2v) is 7.24. The Morgan fingerprint density at radius 2 is 2.14 bits per heavy atom. The third-order valence-corrected chi connectivity index (χ3v) is 4.36. The van der Waals surface area contributed by atoms with Crippen molar-refractivity contribution in [1.29, 1.82) is 0 Å². The Kier molecular flexibility index (Phi) is 4.42. The van der Waals surface area contributed by atoms with Gasteiger partial charge in [0.25, 0.3) is 5.91 Å². The highest BCUT2D eigenvalue weighted by atomic mass is 16.2. The summed E-state index contributed by atoms with van der Waals surface area (Å²) in [5.74, 6) is 0.494. The van der Waals surface area contributed by atoms with E-state index in [1.54, 1.807) is 6.20 Å². The van der Waals surface area contributed by atoms with Gasteiger partial charge in [-0.15, -0.1) is 0 Å². The van der Waals surface area contributed by atoms with Gasteiger partial charge in [0.1, 0.15) is 0 Å². The first-order valence-electron chi connectivity index (χ1n) is 7.81. The van der Waals surface area contributed by atoms with Crippen LogP contribution in [0.25, 0.3) is 0 Å². The largest absolute Gasteiger partial charge is 0.338 e. The van der Waals surface area contributed by atoms with Gasteiger partial charge in [0.2, 0.25) is 0 Å². The second kappa shape index (κ2) is 5.79. The fraction of sp³-hybridized carbons (Fsp3) is 0.750. The van der Waals surface area contributed by atoms with E-state index in [-0.39, 0.29) is 17.5 Å². The molecule has 0 radical (unpaired) electrons. The van der Waals surface area contributed by atoms with Crippen LogP contribution in [-0.2, 0) is 5.54 Å². The summed E-state index contributed by atoms with van der Waals surface area (Å²) in [6, 6.07) is 0.138. The molecule has 118 valence electrons. The number of nitrogens with two attached hydrogens (primary N) is 1. The normalized spacial score (nSPS) is 21.4. The van der Waals surface area contributed by atoms with Crippen molar-refractivity contribution in [2.75, 3.05) is 13.1 Å². The Bertz CT molecular complexity index is 513. The molecule has 2 N–H and O–H groups in total. The molecule has 1 aromatic heterocycles. The number of amides is 1. The lowest BCUT2D eigenvalue weighted by Gasteiger charge is -2.34. The molecule has 1 aliphatic rings. The molecule has 0 bridgehead atoms. The number of carbonyl (C=O) groups is 1. The molecule has 0 saturated carbocycles. The van der Waals surface area contributed by atoms with Crippen molar-refractivity contribution in [2.24, 2.45) is 11.7 Å². The standard InChI is InChI=1S/C16H28N4O/c1-11(17)13-7-6-8-19(10-13)15(21)14-9-18-20(12(14)2)16(3,4)5/h9,11,13H,6-8,10,17H2,1-5H3. The van der Waals surface area contributed by atoms with E-state index in [4.69, 9.17) is 5.73 Å². The zero-order chi connectivity index (χ0) is 15.8. The quantitative estimate of drug-likeness (QED) is 0.908. The highest BCUT2D eigenvalue weighted by Crippen LogP contribution is 2.23. The fourth-order valence-corrected chi connectivity index (χ4v) is 3.09. The van der Waals surface area contributed by atoms with E-state index in [1.807, 2.05) is 23.4 Å². The molecule has 2 rings (SSSR count). The van der Waals surface area contributed by atoms with Gasteiger partial charge in [0.05, 0.1) is 17.3 Å². The molecule has 5 nitrogen and oxygen atoms in total. The molecule has 2 atom stereocenters. The highest BCUT2D eigenvalue weighted by molar-refractivity contribution is 5.95. The minimum absolute atomic E-state index is 0.0911. The summed E-state index contributed by atoms with van der Waals surface area (Å²) in [7, 11) is 0. The molecule has 1 amide bonds. The van der Waals surface area contributed by atoms with Gasteiger partial charge in [0.15, 0.2) is 0 Å². The Morgan fingerprint density at radius 1 is 1.48 bits per heavy atom. The van der Waals surface area contributed by atoms with Crippen molar-refractivity contribution in [1.82, 2.24) is 14.7 Å². The summed E-state index contributed by atoms with van der Waals surface area (Å²) >= 11 is 0. The summed E-state index contributed by atoms with van der Waals surface area (Å²) in [5, 5.41) is 4.40. The second-order valence-electron chi connectivity index (χ2n) is 7.24. The van der Waals surface area contributed by atoms with Gasteiger partial charge < -0.3 is 10.6 Å². The Balaban J connectivity index is 2.19. The maximum atomic E-state index is 12.8. The van der Waals surface area contributed by atoms with Crippen molar-refractivity contribution < 1.29 is 4.79 Å². The summed E-state index contributed by atoms with van der Waals surface area (Å²) in [6.07, 6.45) is 3.85. The van der Waals surface area contributed by atoms with Crippen LogP contribution < -0.4 is 5.73 Å². The molecule has 0 spiro atoms. The van der Waals surface area contributed by atoms with Gasteiger partial charge in [-0.2, -0.15) is 5.10 Å². The van der Waals surface area contributed by atoms with E-state index in [2.05, 4.69) is 25.9 Å². The monoisotopic (exact) mass is 292 g/mol. The first-order chi connectivity index (χ1) is 9.71. The van der Waals surface area contributed by atoms with Crippen LogP contribution >= 0.6 is 0 Å². The molecular formula is C16H28N4O. The molecule has 2 heterocycles. The van der Waals surface area contributed by atoms with Crippen LogP contribution in [0.5, 0.6) is 0 Å². The van der Waals surface area contributed by atoms with Crippen LogP contribution in [0.1, 0.15) is 56.6 Å². The molecule has 21 heavy (non-hydrogen) atoms. The van der Waals surface area contributed by atoms with Crippen molar-refractivity contribution in [3.63, 3.8) is 0 Å². The summed E-state index contributed by atoms with van der Waals surface area (Å²) < 4.78 is 1.92. The lowest BCUT2D eigenvalue weighted by molar-refractivity contribution is 0.0660. The number of nitrogens with zero attached hydrogens (tertiary/aromatic N) is 3. The molecule has 0 aromatic carbocycles. The number of carbonyl (C=O) groups excluding carboxylic acids is 1. The molecule has 5 heteroatoms. The summed E-state index contributed by atoms with van der Waals surface area (Å²) in [4.78, 5) is 14.7. The van der Waals surface area contributed by atoms with E-state index in [0.29, 0.717) is 5.92 Å². The number of likely N-dealkylation sites (tertiary alicyclic amines) is 1.